The van der Waals surface area contributed by atoms with E-state index in [1.807, 2.05) is 6.07 Å². The lowest BCUT2D eigenvalue weighted by Gasteiger charge is -2.15. The van der Waals surface area contributed by atoms with Crippen molar-refractivity contribution >= 4 is 17.4 Å². The number of benzene rings is 2. The summed E-state index contributed by atoms with van der Waals surface area (Å²) >= 11 is 0. The second-order valence-electron chi connectivity index (χ2n) is 6.87. The molecule has 3 aromatic rings. The fourth-order valence-corrected chi connectivity index (χ4v) is 3.06. The van der Waals surface area contributed by atoms with Gasteiger partial charge in [-0.3, -0.25) is 14.4 Å². The lowest BCUT2D eigenvalue weighted by Crippen LogP contribution is -2.33. The molecule has 1 amide bonds. The van der Waals surface area contributed by atoms with Gasteiger partial charge in [0.05, 0.1) is 5.69 Å². The van der Waals surface area contributed by atoms with Crippen LogP contribution in [0.4, 0.5) is 5.69 Å². The lowest BCUT2D eigenvalue weighted by atomic mass is 10.1. The van der Waals surface area contributed by atoms with Crippen LogP contribution in [0, 0.1) is 0 Å². The molecule has 1 N–H and O–H groups in total. The van der Waals surface area contributed by atoms with Gasteiger partial charge in [0.1, 0.15) is 6.04 Å². The first kappa shape index (κ1) is 19.4. The van der Waals surface area contributed by atoms with Crippen LogP contribution in [-0.4, -0.2) is 28.3 Å². The molecule has 0 aliphatic carbocycles. The average Bonchev–Trinajstić information content (AvgIpc) is 3.22. The summed E-state index contributed by atoms with van der Waals surface area (Å²) in [7, 11) is 0. The Morgan fingerprint density at radius 3 is 2.50 bits per heavy atom. The summed E-state index contributed by atoms with van der Waals surface area (Å²) in [6.45, 7) is 3.23. The second kappa shape index (κ2) is 7.82. The van der Waals surface area contributed by atoms with Gasteiger partial charge in [-0.2, -0.15) is 5.10 Å². The standard InChI is InChI=1S/C22H19N3O5/c1-13(22(28)23-17-6-3-15(4-7-17)14(2)26)25-21(27)10-8-18(24-25)16-5-9-19-20(11-16)30-12-29-19/h3-11,13H,12H2,1-2H3,(H,23,28). The molecule has 1 aromatic heterocycles. The summed E-state index contributed by atoms with van der Waals surface area (Å²) in [6.07, 6.45) is 0. The monoisotopic (exact) mass is 405 g/mol. The fourth-order valence-electron chi connectivity index (χ4n) is 3.06. The quantitative estimate of drug-likeness (QED) is 0.655. The minimum atomic E-state index is -0.848. The van der Waals surface area contributed by atoms with Crippen LogP contribution in [0.3, 0.4) is 0 Å². The zero-order valence-corrected chi connectivity index (χ0v) is 16.4. The van der Waals surface area contributed by atoms with Gasteiger partial charge in [0.2, 0.25) is 12.7 Å². The van der Waals surface area contributed by atoms with Crippen molar-refractivity contribution in [3.63, 3.8) is 0 Å². The third-order valence-corrected chi connectivity index (χ3v) is 4.80. The van der Waals surface area contributed by atoms with Gasteiger partial charge in [-0.25, -0.2) is 4.68 Å². The number of nitrogens with one attached hydrogen (secondary N) is 1. The minimum absolute atomic E-state index is 0.0580. The summed E-state index contributed by atoms with van der Waals surface area (Å²) in [5.74, 6) is 0.794. The number of aromatic nitrogens is 2. The van der Waals surface area contributed by atoms with E-state index in [0.29, 0.717) is 28.4 Å². The predicted molar refractivity (Wildman–Crippen MR) is 110 cm³/mol. The highest BCUT2D eigenvalue weighted by Crippen LogP contribution is 2.35. The average molecular weight is 405 g/mol. The number of anilines is 1. The summed E-state index contributed by atoms with van der Waals surface area (Å²) in [5, 5.41) is 7.11. The van der Waals surface area contributed by atoms with Gasteiger partial charge in [-0.1, -0.05) is 0 Å². The molecule has 1 atom stereocenters. The Balaban J connectivity index is 1.56. The number of nitrogens with zero attached hydrogens (tertiary/aromatic N) is 2. The van der Waals surface area contributed by atoms with E-state index in [4.69, 9.17) is 9.47 Å². The van der Waals surface area contributed by atoms with Crippen LogP contribution < -0.4 is 20.3 Å². The Hall–Kier alpha value is -3.94. The van der Waals surface area contributed by atoms with Crippen LogP contribution in [0.2, 0.25) is 0 Å². The van der Waals surface area contributed by atoms with Crippen molar-refractivity contribution in [2.75, 3.05) is 12.1 Å². The molecule has 0 bridgehead atoms. The van der Waals surface area contributed by atoms with Crippen LogP contribution in [0.5, 0.6) is 11.5 Å². The van der Waals surface area contributed by atoms with E-state index in [-0.39, 0.29) is 12.6 Å². The van der Waals surface area contributed by atoms with Crippen LogP contribution in [0.25, 0.3) is 11.3 Å². The normalized spacial score (nSPS) is 13.0. The van der Waals surface area contributed by atoms with Gasteiger partial charge in [0.15, 0.2) is 17.3 Å². The van der Waals surface area contributed by atoms with E-state index in [9.17, 15) is 14.4 Å². The highest BCUT2D eigenvalue weighted by Gasteiger charge is 2.19. The maximum Gasteiger partial charge on any atom is 0.267 e. The van der Waals surface area contributed by atoms with Crippen molar-refractivity contribution in [3.05, 3.63) is 70.5 Å². The van der Waals surface area contributed by atoms with Crippen molar-refractivity contribution in [2.24, 2.45) is 0 Å². The first-order chi connectivity index (χ1) is 14.4. The smallest absolute Gasteiger partial charge is 0.267 e. The number of hydrogen-bond acceptors (Lipinski definition) is 6. The predicted octanol–water partition coefficient (Wildman–Crippen LogP) is 3.04. The number of hydrogen-bond donors (Lipinski definition) is 1. The Morgan fingerprint density at radius 1 is 1.03 bits per heavy atom. The molecule has 0 fully saturated rings. The van der Waals surface area contributed by atoms with Gasteiger partial charge in [-0.15, -0.1) is 0 Å². The van der Waals surface area contributed by atoms with E-state index in [2.05, 4.69) is 10.4 Å². The number of Topliss-reactive ketones (excluding diaryl/α,β-unsaturated/α-hetero) is 1. The summed E-state index contributed by atoms with van der Waals surface area (Å²) in [5.41, 5.74) is 1.94. The lowest BCUT2D eigenvalue weighted by molar-refractivity contribution is -0.119. The first-order valence-corrected chi connectivity index (χ1v) is 9.34. The van der Waals surface area contributed by atoms with Crippen LogP contribution in [0.15, 0.2) is 59.4 Å². The van der Waals surface area contributed by atoms with Crippen molar-refractivity contribution in [1.82, 2.24) is 9.78 Å². The number of carbonyl (C=O) groups excluding carboxylic acids is 2. The largest absolute Gasteiger partial charge is 0.454 e. The van der Waals surface area contributed by atoms with Crippen molar-refractivity contribution in [1.29, 1.82) is 0 Å². The molecule has 1 aliphatic heterocycles. The molecule has 1 unspecified atom stereocenters. The Bertz CT molecular complexity index is 1180. The number of amides is 1. The van der Waals surface area contributed by atoms with Gasteiger partial charge < -0.3 is 14.8 Å². The molecular weight excluding hydrogens is 386 g/mol. The SMILES string of the molecule is CC(=O)c1ccc(NC(=O)C(C)n2nc(-c3ccc4c(c3)OCO4)ccc2=O)cc1. The minimum Gasteiger partial charge on any atom is -0.454 e. The number of rotatable bonds is 5. The molecule has 4 rings (SSSR count). The zero-order chi connectivity index (χ0) is 21.3. The number of ketones is 1. The third-order valence-electron chi connectivity index (χ3n) is 4.80. The van der Waals surface area contributed by atoms with Crippen molar-refractivity contribution < 1.29 is 19.1 Å². The molecule has 0 spiro atoms. The Labute approximate surface area is 172 Å². The van der Waals surface area contributed by atoms with E-state index in [0.717, 1.165) is 10.2 Å². The topological polar surface area (TPSA) is 99.5 Å². The Morgan fingerprint density at radius 2 is 1.77 bits per heavy atom. The van der Waals surface area contributed by atoms with E-state index < -0.39 is 17.5 Å². The van der Waals surface area contributed by atoms with Crippen LogP contribution >= 0.6 is 0 Å². The second-order valence-corrected chi connectivity index (χ2v) is 6.87. The van der Waals surface area contributed by atoms with Crippen molar-refractivity contribution in [3.8, 4) is 22.8 Å². The molecule has 1 aliphatic rings. The molecule has 8 heteroatoms. The molecule has 8 nitrogen and oxygen atoms in total. The molecule has 0 saturated carbocycles. The molecule has 0 saturated heterocycles. The zero-order valence-electron chi connectivity index (χ0n) is 16.4. The molecule has 30 heavy (non-hydrogen) atoms. The van der Waals surface area contributed by atoms with E-state index in [1.54, 1.807) is 49.4 Å². The molecule has 2 aromatic carbocycles. The molecule has 152 valence electrons. The molecule has 0 radical (unpaired) electrons. The van der Waals surface area contributed by atoms with Gasteiger partial charge >= 0.3 is 0 Å². The molecular formula is C22H19N3O5. The van der Waals surface area contributed by atoms with Gasteiger partial charge in [-0.05, 0) is 62.4 Å². The third kappa shape index (κ3) is 3.80. The summed E-state index contributed by atoms with van der Waals surface area (Å²) in [6, 6.07) is 14.0. The number of ether oxygens (including phenoxy) is 2. The Kier molecular flexibility index (Phi) is 5.05. The van der Waals surface area contributed by atoms with Crippen LogP contribution in [-0.2, 0) is 4.79 Å². The summed E-state index contributed by atoms with van der Waals surface area (Å²) in [4.78, 5) is 36.4. The number of carbonyl (C=O) groups is 2. The highest BCUT2D eigenvalue weighted by atomic mass is 16.7. The van der Waals surface area contributed by atoms with Gasteiger partial charge in [0.25, 0.3) is 5.56 Å². The highest BCUT2D eigenvalue weighted by molar-refractivity contribution is 5.96. The first-order valence-electron chi connectivity index (χ1n) is 9.34. The van der Waals surface area contributed by atoms with E-state index >= 15 is 0 Å². The van der Waals surface area contributed by atoms with Crippen LogP contribution in [0.1, 0.15) is 30.2 Å². The number of fused-ring (bicyclic) bond motifs is 1. The van der Waals surface area contributed by atoms with Crippen molar-refractivity contribution in [2.45, 2.75) is 19.9 Å². The van der Waals surface area contributed by atoms with Gasteiger partial charge in [0, 0.05) is 22.9 Å². The maximum atomic E-state index is 12.7. The summed E-state index contributed by atoms with van der Waals surface area (Å²) < 4.78 is 11.8. The maximum absolute atomic E-state index is 12.7. The van der Waals surface area contributed by atoms with E-state index in [1.165, 1.54) is 13.0 Å². The molecule has 2 heterocycles. The fraction of sp³-hybridized carbons (Fsp3) is 0.182.